The third-order valence-corrected chi connectivity index (χ3v) is 8.74. The average molecular weight is 489 g/mol. The molecule has 1 saturated heterocycles. The van der Waals surface area contributed by atoms with Crippen LogP contribution in [-0.4, -0.2) is 41.0 Å². The molecule has 0 unspecified atom stereocenters. The van der Waals surface area contributed by atoms with Gasteiger partial charge in [-0.3, -0.25) is 9.48 Å². The van der Waals surface area contributed by atoms with Crippen LogP contribution in [0.15, 0.2) is 18.2 Å². The number of alkyl halides is 2. The van der Waals surface area contributed by atoms with Crippen LogP contribution >= 0.6 is 11.8 Å². The van der Waals surface area contributed by atoms with Crippen LogP contribution in [0.5, 0.6) is 0 Å². The fourth-order valence-electron chi connectivity index (χ4n) is 5.85. The fraction of sp³-hybridized carbons (Fsp3) is 0.615. The lowest BCUT2D eigenvalue weighted by Gasteiger charge is -2.36. The van der Waals surface area contributed by atoms with Crippen molar-refractivity contribution in [3.8, 4) is 11.3 Å². The zero-order valence-corrected chi connectivity index (χ0v) is 20.9. The molecule has 1 aromatic heterocycles. The van der Waals surface area contributed by atoms with Gasteiger partial charge in [-0.1, -0.05) is 6.07 Å². The molecule has 2 N–H and O–H groups in total. The highest BCUT2D eigenvalue weighted by Gasteiger charge is 2.45. The van der Waals surface area contributed by atoms with Gasteiger partial charge in [-0.2, -0.15) is 16.9 Å². The fourth-order valence-corrected chi connectivity index (χ4v) is 6.40. The Morgan fingerprint density at radius 1 is 1.15 bits per heavy atom. The van der Waals surface area contributed by atoms with Crippen molar-refractivity contribution in [1.82, 2.24) is 9.78 Å². The van der Waals surface area contributed by atoms with Gasteiger partial charge in [0.1, 0.15) is 0 Å². The molecule has 184 valence electrons. The van der Waals surface area contributed by atoms with Gasteiger partial charge in [-0.05, 0) is 74.8 Å². The minimum atomic E-state index is -2.57. The smallest absolute Gasteiger partial charge is 0.250 e. The van der Waals surface area contributed by atoms with Gasteiger partial charge in [0.25, 0.3) is 5.91 Å². The number of carbonyl (C=O) groups excluding carboxylic acids is 1. The Morgan fingerprint density at radius 2 is 1.82 bits per heavy atom. The van der Waals surface area contributed by atoms with E-state index in [0.29, 0.717) is 23.8 Å². The molecule has 2 saturated carbocycles. The molecule has 34 heavy (non-hydrogen) atoms. The van der Waals surface area contributed by atoms with E-state index in [9.17, 15) is 13.6 Å². The number of hydrogen-bond acceptors (Lipinski definition) is 4. The number of aromatic nitrogens is 2. The van der Waals surface area contributed by atoms with Gasteiger partial charge in [0.05, 0.1) is 23.0 Å². The summed E-state index contributed by atoms with van der Waals surface area (Å²) >= 11 is 1.73. The van der Waals surface area contributed by atoms with Gasteiger partial charge >= 0.3 is 0 Å². The number of aryl methyl sites for hydroxylation is 1. The summed E-state index contributed by atoms with van der Waals surface area (Å²) in [6, 6.07) is 5.88. The standard InChI is InChI=1S/C26H34F2N4OS/c1-17-15-21(30-32(17)19-5-7-26(27,28)8-6-19)22-18(16-34-2)3-4-20(24(29)33)23(22)31-13-11-25(9-10-25)12-14-31/h3-4,15,19H,5-14,16H2,1-2H3,(H2,29,33). The highest BCUT2D eigenvalue weighted by atomic mass is 32.2. The number of nitrogens with two attached hydrogens (primary N) is 1. The number of amides is 1. The van der Waals surface area contributed by atoms with Crippen LogP contribution in [-0.2, 0) is 5.75 Å². The number of hydrogen-bond donors (Lipinski definition) is 1. The van der Waals surface area contributed by atoms with E-state index < -0.39 is 11.8 Å². The van der Waals surface area contributed by atoms with Gasteiger partial charge in [0.2, 0.25) is 5.92 Å². The molecule has 3 aliphatic rings. The van der Waals surface area contributed by atoms with Gasteiger partial charge in [0, 0.05) is 42.9 Å². The second-order valence-corrected chi connectivity index (χ2v) is 11.3. The van der Waals surface area contributed by atoms with E-state index in [2.05, 4.69) is 11.2 Å². The predicted molar refractivity (Wildman–Crippen MR) is 134 cm³/mol. The molecule has 0 radical (unpaired) electrons. The Kier molecular flexibility index (Phi) is 6.15. The summed E-state index contributed by atoms with van der Waals surface area (Å²) in [4.78, 5) is 14.9. The van der Waals surface area contributed by atoms with E-state index in [1.54, 1.807) is 11.8 Å². The molecule has 1 spiro atoms. The summed E-state index contributed by atoms with van der Waals surface area (Å²) in [7, 11) is 0. The summed E-state index contributed by atoms with van der Waals surface area (Å²) in [5.74, 6) is -2.20. The van der Waals surface area contributed by atoms with Crippen molar-refractivity contribution in [3.05, 3.63) is 35.0 Å². The van der Waals surface area contributed by atoms with Crippen molar-refractivity contribution in [3.63, 3.8) is 0 Å². The SMILES string of the molecule is CSCc1ccc(C(N)=O)c(N2CCC3(CC2)CC3)c1-c1cc(C)n(C2CCC(F)(F)CC2)n1. The number of anilines is 1. The molecule has 1 amide bonds. The van der Waals surface area contributed by atoms with Gasteiger partial charge in [0.15, 0.2) is 0 Å². The lowest BCUT2D eigenvalue weighted by Crippen LogP contribution is -2.36. The number of carbonyl (C=O) groups is 1. The maximum absolute atomic E-state index is 13.8. The van der Waals surface area contributed by atoms with E-state index in [0.717, 1.165) is 59.9 Å². The highest BCUT2D eigenvalue weighted by molar-refractivity contribution is 7.97. The summed E-state index contributed by atoms with van der Waals surface area (Å²) < 4.78 is 29.5. The lowest BCUT2D eigenvalue weighted by atomic mass is 9.91. The second kappa shape index (κ2) is 8.85. The first kappa shape index (κ1) is 23.6. The molecule has 0 bridgehead atoms. The summed E-state index contributed by atoms with van der Waals surface area (Å²) in [6.07, 6.45) is 7.63. The van der Waals surface area contributed by atoms with Crippen LogP contribution in [0.2, 0.25) is 0 Å². The first-order valence-corrected chi connectivity index (χ1v) is 13.8. The van der Waals surface area contributed by atoms with Crippen LogP contribution in [0.3, 0.4) is 0 Å². The lowest BCUT2D eigenvalue weighted by molar-refractivity contribution is -0.0451. The maximum atomic E-state index is 13.8. The molecule has 1 aliphatic heterocycles. The maximum Gasteiger partial charge on any atom is 0.250 e. The summed E-state index contributed by atoms with van der Waals surface area (Å²) in [5, 5.41) is 4.97. The normalized spacial score (nSPS) is 21.7. The van der Waals surface area contributed by atoms with Gasteiger partial charge < -0.3 is 10.6 Å². The van der Waals surface area contributed by atoms with Crippen molar-refractivity contribution in [2.24, 2.45) is 11.1 Å². The number of nitrogens with zero attached hydrogens (tertiary/aromatic N) is 3. The Morgan fingerprint density at radius 3 is 2.41 bits per heavy atom. The third kappa shape index (κ3) is 4.45. The number of piperidine rings is 1. The molecule has 8 heteroatoms. The Labute approximate surface area is 204 Å². The average Bonchev–Trinajstić information content (AvgIpc) is 3.44. The zero-order chi connectivity index (χ0) is 24.1. The van der Waals surface area contributed by atoms with Gasteiger partial charge in [-0.15, -0.1) is 0 Å². The number of halogens is 2. The van der Waals surface area contributed by atoms with E-state index in [1.807, 2.05) is 29.8 Å². The minimum absolute atomic E-state index is 0.0233. The van der Waals surface area contributed by atoms with Gasteiger partial charge in [-0.25, -0.2) is 8.78 Å². The van der Waals surface area contributed by atoms with Crippen molar-refractivity contribution in [1.29, 1.82) is 0 Å². The van der Waals surface area contributed by atoms with Crippen molar-refractivity contribution >= 4 is 23.4 Å². The van der Waals surface area contributed by atoms with Crippen molar-refractivity contribution in [2.45, 2.75) is 76.0 Å². The van der Waals surface area contributed by atoms with E-state index in [-0.39, 0.29) is 18.9 Å². The molecular formula is C26H34F2N4OS. The monoisotopic (exact) mass is 488 g/mol. The molecule has 5 nitrogen and oxygen atoms in total. The molecule has 0 atom stereocenters. The molecule has 2 aliphatic carbocycles. The number of primary amides is 1. The van der Waals surface area contributed by atoms with E-state index >= 15 is 0 Å². The highest BCUT2D eigenvalue weighted by Crippen LogP contribution is 2.54. The van der Waals surface area contributed by atoms with Crippen molar-refractivity contribution in [2.75, 3.05) is 24.2 Å². The Bertz CT molecular complexity index is 1070. The molecule has 1 aromatic carbocycles. The first-order chi connectivity index (χ1) is 16.2. The predicted octanol–water partition coefficient (Wildman–Crippen LogP) is 5.95. The number of rotatable bonds is 6. The first-order valence-electron chi connectivity index (χ1n) is 12.4. The quantitative estimate of drug-likeness (QED) is 0.546. The Hall–Kier alpha value is -2.09. The third-order valence-electron chi connectivity index (χ3n) is 8.14. The number of thioether (sulfide) groups is 1. The largest absolute Gasteiger partial charge is 0.370 e. The van der Waals surface area contributed by atoms with Crippen LogP contribution in [0.25, 0.3) is 11.3 Å². The summed E-state index contributed by atoms with van der Waals surface area (Å²) in [6.45, 7) is 3.81. The van der Waals surface area contributed by atoms with Crippen LogP contribution < -0.4 is 10.6 Å². The molecule has 5 rings (SSSR count). The minimum Gasteiger partial charge on any atom is -0.370 e. The number of benzene rings is 1. The summed E-state index contributed by atoms with van der Waals surface area (Å²) in [5.41, 5.74) is 11.7. The molecule has 2 heterocycles. The molecular weight excluding hydrogens is 454 g/mol. The Balaban J connectivity index is 1.57. The molecule has 3 fully saturated rings. The van der Waals surface area contributed by atoms with E-state index in [1.165, 1.54) is 12.8 Å². The van der Waals surface area contributed by atoms with Crippen LogP contribution in [0, 0.1) is 12.3 Å². The van der Waals surface area contributed by atoms with Crippen LogP contribution in [0.1, 0.15) is 79.0 Å². The van der Waals surface area contributed by atoms with Crippen LogP contribution in [0.4, 0.5) is 14.5 Å². The topological polar surface area (TPSA) is 64.2 Å². The zero-order valence-electron chi connectivity index (χ0n) is 20.1. The second-order valence-electron chi connectivity index (χ2n) is 10.5. The van der Waals surface area contributed by atoms with Crippen molar-refractivity contribution < 1.29 is 13.6 Å². The molecule has 2 aromatic rings. The van der Waals surface area contributed by atoms with E-state index in [4.69, 9.17) is 10.8 Å².